The van der Waals surface area contributed by atoms with Crippen molar-refractivity contribution >= 4 is 33.9 Å². The lowest BCUT2D eigenvalue weighted by Gasteiger charge is -2.17. The minimum Gasteiger partial charge on any atom is -0.457 e. The van der Waals surface area contributed by atoms with Gasteiger partial charge in [-0.25, -0.2) is 9.59 Å². The fourth-order valence-electron chi connectivity index (χ4n) is 2.18. The predicted molar refractivity (Wildman–Crippen MR) is 112 cm³/mol. The fourth-order valence-corrected chi connectivity index (χ4v) is 2.40. The molecule has 2 rings (SSSR count). The van der Waals surface area contributed by atoms with E-state index in [1.54, 1.807) is 12.1 Å². The Morgan fingerprint density at radius 1 is 0.919 bits per heavy atom. The number of hydrogen-bond donors (Lipinski definition) is 3. The highest BCUT2D eigenvalue weighted by Crippen LogP contribution is 2.37. The SMILES string of the molecule is NC(=O)ON(CCc1ccc(Oc2ccc(Cl)c(C(F)(F)F)c2)cc1)OC(N)=O.O=S(=O)(O)C(F)(F)F. The van der Waals surface area contributed by atoms with Crippen LogP contribution in [0.5, 0.6) is 11.5 Å². The Bertz CT molecular complexity index is 1180. The quantitative estimate of drug-likeness (QED) is 0.185. The molecule has 0 unspecified atom stereocenters. The van der Waals surface area contributed by atoms with Crippen LogP contribution in [-0.2, 0) is 32.4 Å². The average molecular weight is 584 g/mol. The molecule has 2 aromatic rings. The average Bonchev–Trinajstić information content (AvgIpc) is 2.72. The predicted octanol–water partition coefficient (Wildman–Crippen LogP) is 4.41. The van der Waals surface area contributed by atoms with E-state index < -0.39 is 44.6 Å². The number of rotatable bonds is 7. The van der Waals surface area contributed by atoms with E-state index in [1.807, 2.05) is 0 Å². The van der Waals surface area contributed by atoms with Crippen molar-refractivity contribution in [3.05, 3.63) is 58.6 Å². The summed E-state index contributed by atoms with van der Waals surface area (Å²) in [7, 11) is -5.84. The first-order valence-corrected chi connectivity index (χ1v) is 11.0. The smallest absolute Gasteiger partial charge is 0.457 e. The third-order valence-electron chi connectivity index (χ3n) is 3.66. The molecule has 0 radical (unpaired) electrons. The lowest BCUT2D eigenvalue weighted by atomic mass is 10.1. The number of carbonyl (C=O) groups excluding carboxylic acids is 2. The number of nitrogens with zero attached hydrogens (tertiary/aromatic N) is 1. The normalized spacial score (nSPS) is 11.8. The molecule has 2 amide bonds. The molecule has 0 aliphatic rings. The fraction of sp³-hybridized carbons (Fsp3) is 0.222. The third-order valence-corrected chi connectivity index (χ3v) is 4.58. The van der Waals surface area contributed by atoms with Crippen LogP contribution in [0.15, 0.2) is 42.5 Å². The summed E-state index contributed by atoms with van der Waals surface area (Å²) in [6.07, 6.45) is -6.75. The molecule has 37 heavy (non-hydrogen) atoms. The van der Waals surface area contributed by atoms with E-state index in [1.165, 1.54) is 18.2 Å². The molecule has 0 aliphatic carbocycles. The van der Waals surface area contributed by atoms with Crippen LogP contribution >= 0.6 is 11.6 Å². The largest absolute Gasteiger partial charge is 0.522 e. The highest BCUT2D eigenvalue weighted by molar-refractivity contribution is 7.86. The number of amides is 2. The number of halogens is 7. The number of ether oxygens (including phenoxy) is 1. The van der Waals surface area contributed by atoms with Crippen LogP contribution in [0, 0.1) is 0 Å². The van der Waals surface area contributed by atoms with Gasteiger partial charge in [-0.3, -0.25) is 4.55 Å². The van der Waals surface area contributed by atoms with E-state index in [0.29, 0.717) is 10.8 Å². The van der Waals surface area contributed by atoms with Gasteiger partial charge in [0.1, 0.15) is 11.5 Å². The van der Waals surface area contributed by atoms with Gasteiger partial charge in [-0.1, -0.05) is 23.7 Å². The van der Waals surface area contributed by atoms with Crippen LogP contribution in [0.25, 0.3) is 0 Å². The first-order valence-electron chi connectivity index (χ1n) is 9.19. The van der Waals surface area contributed by atoms with E-state index in [4.69, 9.17) is 40.8 Å². The summed E-state index contributed by atoms with van der Waals surface area (Å²) < 4.78 is 102. The van der Waals surface area contributed by atoms with E-state index in [-0.39, 0.29) is 24.5 Å². The lowest BCUT2D eigenvalue weighted by molar-refractivity contribution is -0.293. The van der Waals surface area contributed by atoms with Gasteiger partial charge >= 0.3 is 34.0 Å². The van der Waals surface area contributed by atoms with Gasteiger partial charge in [-0.05, 0) is 42.3 Å². The zero-order valence-electron chi connectivity index (χ0n) is 17.9. The lowest BCUT2D eigenvalue weighted by Crippen LogP contribution is -2.35. The number of benzene rings is 2. The Hall–Kier alpha value is -3.48. The maximum absolute atomic E-state index is 12.9. The van der Waals surface area contributed by atoms with Crippen molar-refractivity contribution in [1.82, 2.24) is 5.23 Å². The highest BCUT2D eigenvalue weighted by Gasteiger charge is 2.44. The van der Waals surface area contributed by atoms with Crippen LogP contribution in [0.1, 0.15) is 11.1 Å². The van der Waals surface area contributed by atoms with E-state index in [2.05, 4.69) is 9.68 Å². The van der Waals surface area contributed by atoms with E-state index >= 15 is 0 Å². The minimum absolute atomic E-state index is 0.0367. The molecule has 0 spiro atoms. The van der Waals surface area contributed by atoms with Gasteiger partial charge in [0.15, 0.2) is 0 Å². The summed E-state index contributed by atoms with van der Waals surface area (Å²) in [6, 6.07) is 9.48. The Labute approximate surface area is 209 Å². The van der Waals surface area contributed by atoms with Crippen molar-refractivity contribution in [2.45, 2.75) is 18.1 Å². The molecule has 0 saturated carbocycles. The zero-order chi connectivity index (χ0) is 28.6. The second kappa shape index (κ2) is 12.7. The van der Waals surface area contributed by atoms with Crippen LogP contribution in [0.3, 0.4) is 0 Å². The summed E-state index contributed by atoms with van der Waals surface area (Å²) in [5, 5.41) is 0.0997. The van der Waals surface area contributed by atoms with Crippen LogP contribution in [0.4, 0.5) is 35.9 Å². The zero-order valence-corrected chi connectivity index (χ0v) is 19.5. The van der Waals surface area contributed by atoms with Gasteiger partial charge in [0.2, 0.25) is 0 Å². The molecular formula is C18H16ClF6N3O8S. The summed E-state index contributed by atoms with van der Waals surface area (Å²) >= 11 is 5.57. The summed E-state index contributed by atoms with van der Waals surface area (Å²) in [5.41, 5.74) is 3.86. The first kappa shape index (κ1) is 31.5. The molecule has 0 atom stereocenters. The van der Waals surface area contributed by atoms with Gasteiger partial charge in [-0.2, -0.15) is 34.8 Å². The van der Waals surface area contributed by atoms with Crippen molar-refractivity contribution in [2.75, 3.05) is 6.54 Å². The Morgan fingerprint density at radius 2 is 1.38 bits per heavy atom. The molecule has 0 aliphatic heterocycles. The first-order chi connectivity index (χ1) is 16.8. The standard InChI is InChI=1S/C17H15ClF3N3O5.CHF3O3S/c18-14-6-5-12(9-13(14)17(19,20)21)27-11-3-1-10(2-4-11)7-8-24(28-15(22)25)29-16(23)26;2-1(3,4)8(5,6)7/h1-6,9H,7-8H2,(H2,22,25)(H2,23,26);(H,5,6,7). The molecule has 19 heteroatoms. The topological polar surface area (TPSA) is 171 Å². The number of alkyl halides is 6. The molecule has 0 bridgehead atoms. The second-order valence-corrected chi connectivity index (χ2v) is 8.25. The second-order valence-electron chi connectivity index (χ2n) is 6.43. The maximum Gasteiger partial charge on any atom is 0.522 e. The molecule has 11 nitrogen and oxygen atoms in total. The molecular weight excluding hydrogens is 568 g/mol. The van der Waals surface area contributed by atoms with Crippen LogP contribution in [0.2, 0.25) is 5.02 Å². The number of hydroxylamine groups is 2. The molecule has 0 fully saturated rings. The van der Waals surface area contributed by atoms with Crippen molar-refractivity contribution in [3.8, 4) is 11.5 Å². The molecule has 0 saturated heterocycles. The summed E-state index contributed by atoms with van der Waals surface area (Å²) in [4.78, 5) is 30.4. The van der Waals surface area contributed by atoms with Crippen molar-refractivity contribution in [3.63, 3.8) is 0 Å². The molecule has 0 heterocycles. The number of hydrogen-bond acceptors (Lipinski definition) is 8. The van der Waals surface area contributed by atoms with Crippen molar-refractivity contribution in [1.29, 1.82) is 0 Å². The highest BCUT2D eigenvalue weighted by atomic mass is 35.5. The van der Waals surface area contributed by atoms with E-state index in [9.17, 15) is 35.9 Å². The third kappa shape index (κ3) is 11.4. The number of nitrogens with two attached hydrogens (primary N) is 2. The molecule has 5 N–H and O–H groups in total. The van der Waals surface area contributed by atoms with Crippen LogP contribution < -0.4 is 16.2 Å². The minimum atomic E-state index is -5.84. The Kier molecular flexibility index (Phi) is 10.8. The van der Waals surface area contributed by atoms with Crippen molar-refractivity contribution in [2.24, 2.45) is 11.5 Å². The maximum atomic E-state index is 12.9. The van der Waals surface area contributed by atoms with Gasteiger partial charge < -0.3 is 25.9 Å². The number of primary amides is 2. The van der Waals surface area contributed by atoms with Gasteiger partial charge in [0.05, 0.1) is 17.1 Å². The van der Waals surface area contributed by atoms with Gasteiger partial charge in [-0.15, -0.1) is 0 Å². The molecule has 0 aromatic heterocycles. The van der Waals surface area contributed by atoms with Crippen molar-refractivity contribution < 1.29 is 63.3 Å². The van der Waals surface area contributed by atoms with Gasteiger partial charge in [0.25, 0.3) is 0 Å². The molecule has 206 valence electrons. The van der Waals surface area contributed by atoms with Crippen LogP contribution in [-0.4, -0.2) is 42.4 Å². The summed E-state index contributed by atoms with van der Waals surface area (Å²) in [6.45, 7) is -0.0712. The van der Waals surface area contributed by atoms with E-state index in [0.717, 1.165) is 12.1 Å². The molecule has 2 aromatic carbocycles. The monoisotopic (exact) mass is 583 g/mol. The number of carbonyl (C=O) groups is 2. The summed E-state index contributed by atoms with van der Waals surface area (Å²) in [5.74, 6) is 0.244. The Morgan fingerprint density at radius 3 is 1.78 bits per heavy atom. The van der Waals surface area contributed by atoms with Gasteiger partial charge in [0, 0.05) is 5.23 Å². The Balaban J connectivity index is 0.000000738.